The lowest BCUT2D eigenvalue weighted by Crippen LogP contribution is -2.66. The number of ether oxygens (including phenoxy) is 1. The van der Waals surface area contributed by atoms with Gasteiger partial charge in [0.25, 0.3) is 0 Å². The number of nitriles is 1. The van der Waals surface area contributed by atoms with E-state index in [0.717, 1.165) is 16.7 Å². The Balaban J connectivity index is 1.49. The second-order valence-corrected chi connectivity index (χ2v) is 7.29. The third-order valence-electron chi connectivity index (χ3n) is 5.67. The summed E-state index contributed by atoms with van der Waals surface area (Å²) in [5.74, 6) is -0.327. The normalized spacial score (nSPS) is 24.6. The molecule has 29 heavy (non-hydrogen) atoms. The van der Waals surface area contributed by atoms with Crippen LogP contribution < -0.4 is 0 Å². The fourth-order valence-electron chi connectivity index (χ4n) is 4.13. The molecule has 150 valence electrons. The highest BCUT2D eigenvalue weighted by atomic mass is 16.5. The number of morpholine rings is 1. The second-order valence-electron chi connectivity index (χ2n) is 7.29. The Hall–Kier alpha value is -2.86. The molecule has 8 heteroatoms. The lowest BCUT2D eigenvalue weighted by atomic mass is 9.75. The van der Waals surface area contributed by atoms with Gasteiger partial charge in [-0.2, -0.15) is 5.26 Å². The number of aromatic nitrogens is 2. The molecule has 1 amide bonds. The van der Waals surface area contributed by atoms with Crippen LogP contribution in [0.4, 0.5) is 0 Å². The van der Waals surface area contributed by atoms with Crippen LogP contribution >= 0.6 is 0 Å². The van der Waals surface area contributed by atoms with E-state index in [1.54, 1.807) is 17.3 Å². The van der Waals surface area contributed by atoms with Gasteiger partial charge in [0.05, 0.1) is 38.5 Å². The van der Waals surface area contributed by atoms with Crippen LogP contribution in [0.25, 0.3) is 11.1 Å². The zero-order chi connectivity index (χ0) is 20.2. The largest absolute Gasteiger partial charge is 0.394 e. The average Bonchev–Trinajstić information content (AvgIpc) is 2.75. The third-order valence-corrected chi connectivity index (χ3v) is 5.67. The van der Waals surface area contributed by atoms with E-state index in [1.165, 1.54) is 6.33 Å². The Bertz CT molecular complexity index is 877. The molecule has 2 aliphatic rings. The van der Waals surface area contributed by atoms with Crippen LogP contribution in [-0.4, -0.2) is 82.3 Å². The van der Waals surface area contributed by atoms with Crippen molar-refractivity contribution in [2.24, 2.45) is 0 Å². The highest BCUT2D eigenvalue weighted by Gasteiger charge is 2.51. The fraction of sp³-hybridized carbons (Fsp3) is 0.429. The summed E-state index contributed by atoms with van der Waals surface area (Å²) in [5.41, 5.74) is 2.82. The number of likely N-dealkylation sites (tertiary alicyclic amines) is 1. The van der Waals surface area contributed by atoms with Crippen molar-refractivity contribution in [1.82, 2.24) is 19.8 Å². The zero-order valence-electron chi connectivity index (χ0n) is 16.0. The molecule has 0 radical (unpaired) electrons. The topological polar surface area (TPSA) is 103 Å². The first kappa shape index (κ1) is 19.5. The van der Waals surface area contributed by atoms with E-state index >= 15 is 0 Å². The molecule has 0 bridgehead atoms. The summed E-state index contributed by atoms with van der Waals surface area (Å²) in [6.07, 6.45) is 4.97. The van der Waals surface area contributed by atoms with Crippen molar-refractivity contribution in [3.05, 3.63) is 48.5 Å². The quantitative estimate of drug-likeness (QED) is 0.796. The summed E-state index contributed by atoms with van der Waals surface area (Å²) in [6.45, 7) is 2.70. The predicted octanol–water partition coefficient (Wildman–Crippen LogP) is 0.655. The molecule has 0 saturated carbocycles. The van der Waals surface area contributed by atoms with E-state index in [1.807, 2.05) is 29.2 Å². The highest BCUT2D eigenvalue weighted by molar-refractivity contribution is 5.81. The molecule has 1 N–H and O–H groups in total. The molecule has 2 fully saturated rings. The number of aliphatic hydroxyl groups is 1. The SMILES string of the molecule is N#C[C@H]1[C@H](c2ccc(-c3cncnc3)cc2)[C@H](CO)N1C(=O)CN1CCOCC1. The lowest BCUT2D eigenvalue weighted by Gasteiger charge is -2.52. The molecule has 3 atom stereocenters. The Kier molecular flexibility index (Phi) is 5.81. The van der Waals surface area contributed by atoms with E-state index < -0.39 is 6.04 Å². The number of nitrogens with zero attached hydrogens (tertiary/aromatic N) is 5. The first-order valence-corrected chi connectivity index (χ1v) is 9.70. The number of amides is 1. The molecule has 2 aromatic rings. The zero-order valence-corrected chi connectivity index (χ0v) is 16.0. The maximum Gasteiger partial charge on any atom is 0.238 e. The van der Waals surface area contributed by atoms with Crippen LogP contribution in [0.3, 0.4) is 0 Å². The molecule has 2 aliphatic heterocycles. The average molecular weight is 393 g/mol. The van der Waals surface area contributed by atoms with Gasteiger partial charge in [0.15, 0.2) is 0 Å². The summed E-state index contributed by atoms with van der Waals surface area (Å²) in [6, 6.07) is 9.10. The van der Waals surface area contributed by atoms with Crippen molar-refractivity contribution in [1.29, 1.82) is 5.26 Å². The van der Waals surface area contributed by atoms with E-state index in [9.17, 15) is 15.2 Å². The molecule has 1 aromatic heterocycles. The summed E-state index contributed by atoms with van der Waals surface area (Å²) in [5, 5.41) is 19.6. The molecule has 8 nitrogen and oxygen atoms in total. The van der Waals surface area contributed by atoms with Crippen LogP contribution in [-0.2, 0) is 9.53 Å². The van der Waals surface area contributed by atoms with Gasteiger partial charge >= 0.3 is 0 Å². The van der Waals surface area contributed by atoms with E-state index in [4.69, 9.17) is 4.74 Å². The van der Waals surface area contributed by atoms with Gasteiger partial charge in [0.1, 0.15) is 12.4 Å². The monoisotopic (exact) mass is 393 g/mol. The van der Waals surface area contributed by atoms with Gasteiger partial charge in [-0.25, -0.2) is 9.97 Å². The summed E-state index contributed by atoms with van der Waals surface area (Å²) in [7, 11) is 0. The number of hydrogen-bond acceptors (Lipinski definition) is 7. The Labute approximate surface area is 169 Å². The molecule has 1 aromatic carbocycles. The number of carbonyl (C=O) groups excluding carboxylic acids is 1. The third kappa shape index (κ3) is 3.85. The van der Waals surface area contributed by atoms with Gasteiger partial charge < -0.3 is 14.7 Å². The van der Waals surface area contributed by atoms with Crippen molar-refractivity contribution in [3.8, 4) is 17.2 Å². The number of carbonyl (C=O) groups is 1. The van der Waals surface area contributed by atoms with Gasteiger partial charge in [0, 0.05) is 37.0 Å². The Morgan fingerprint density at radius 1 is 1.17 bits per heavy atom. The molecule has 3 heterocycles. The number of rotatable bonds is 5. The van der Waals surface area contributed by atoms with E-state index in [0.29, 0.717) is 26.3 Å². The Morgan fingerprint density at radius 3 is 2.48 bits per heavy atom. The first-order valence-electron chi connectivity index (χ1n) is 9.70. The molecule has 2 saturated heterocycles. The second kappa shape index (κ2) is 8.66. The molecule has 0 unspecified atom stereocenters. The van der Waals surface area contributed by atoms with Crippen molar-refractivity contribution in [2.45, 2.75) is 18.0 Å². The van der Waals surface area contributed by atoms with Crippen molar-refractivity contribution in [3.63, 3.8) is 0 Å². The van der Waals surface area contributed by atoms with Crippen molar-refractivity contribution in [2.75, 3.05) is 39.5 Å². The molecule has 4 rings (SSSR count). The van der Waals surface area contributed by atoms with Crippen LogP contribution in [0, 0.1) is 11.3 Å². The van der Waals surface area contributed by atoms with E-state index in [-0.39, 0.29) is 31.0 Å². The molecular formula is C21H23N5O3. The maximum absolute atomic E-state index is 12.8. The van der Waals surface area contributed by atoms with Crippen LogP contribution in [0.5, 0.6) is 0 Å². The van der Waals surface area contributed by atoms with Gasteiger partial charge in [-0.3, -0.25) is 9.69 Å². The minimum atomic E-state index is -0.577. The number of hydrogen-bond donors (Lipinski definition) is 1. The van der Waals surface area contributed by atoms with Crippen LogP contribution in [0.2, 0.25) is 0 Å². The number of aliphatic hydroxyl groups excluding tert-OH is 1. The molecule has 0 aliphatic carbocycles. The van der Waals surface area contributed by atoms with Crippen molar-refractivity contribution >= 4 is 5.91 Å². The summed E-state index contributed by atoms with van der Waals surface area (Å²) >= 11 is 0. The smallest absolute Gasteiger partial charge is 0.238 e. The van der Waals surface area contributed by atoms with Gasteiger partial charge in [-0.15, -0.1) is 0 Å². The molecule has 0 spiro atoms. The predicted molar refractivity (Wildman–Crippen MR) is 105 cm³/mol. The van der Waals surface area contributed by atoms with Gasteiger partial charge in [0.2, 0.25) is 5.91 Å². The first-order chi connectivity index (χ1) is 14.2. The lowest BCUT2D eigenvalue weighted by molar-refractivity contribution is -0.149. The van der Waals surface area contributed by atoms with Crippen LogP contribution in [0.1, 0.15) is 11.5 Å². The standard InChI is InChI=1S/C21H23N5O3/c22-9-18-21(16-3-1-15(2-4-16)17-10-23-14-24-11-17)19(13-27)26(18)20(28)12-25-5-7-29-8-6-25/h1-4,10-11,14,18-19,21,27H,5-8,12-13H2/t18-,19-,21-/m0/s1. The van der Waals surface area contributed by atoms with E-state index in [2.05, 4.69) is 16.0 Å². The van der Waals surface area contributed by atoms with Crippen LogP contribution in [0.15, 0.2) is 43.0 Å². The van der Waals surface area contributed by atoms with Gasteiger partial charge in [-0.05, 0) is 11.1 Å². The summed E-state index contributed by atoms with van der Waals surface area (Å²) in [4.78, 5) is 24.4. The highest BCUT2D eigenvalue weighted by Crippen LogP contribution is 2.41. The minimum absolute atomic E-state index is 0.119. The minimum Gasteiger partial charge on any atom is -0.394 e. The fourth-order valence-corrected chi connectivity index (χ4v) is 4.13. The van der Waals surface area contributed by atoms with Gasteiger partial charge in [-0.1, -0.05) is 24.3 Å². The summed E-state index contributed by atoms with van der Waals surface area (Å²) < 4.78 is 5.32. The maximum atomic E-state index is 12.8. The van der Waals surface area contributed by atoms with Crippen molar-refractivity contribution < 1.29 is 14.6 Å². The number of benzene rings is 1. The molecular weight excluding hydrogens is 370 g/mol. The Morgan fingerprint density at radius 2 is 1.86 bits per heavy atom.